The first kappa shape index (κ1) is 21.8. The summed E-state index contributed by atoms with van der Waals surface area (Å²) in [6, 6.07) is 9.42. The number of ether oxygens (including phenoxy) is 3. The van der Waals surface area contributed by atoms with E-state index in [0.29, 0.717) is 29.4 Å². The van der Waals surface area contributed by atoms with Crippen LogP contribution >= 0.6 is 0 Å². The summed E-state index contributed by atoms with van der Waals surface area (Å²) in [5.41, 5.74) is 8.13. The van der Waals surface area contributed by atoms with Gasteiger partial charge in [0, 0.05) is 24.7 Å². The number of hydrogen-bond acceptors (Lipinski definition) is 6. The van der Waals surface area contributed by atoms with Gasteiger partial charge in [0.1, 0.15) is 17.4 Å². The van der Waals surface area contributed by atoms with Crippen LogP contribution in [-0.2, 0) is 6.54 Å². The van der Waals surface area contributed by atoms with Gasteiger partial charge in [0.05, 0.1) is 31.1 Å². The van der Waals surface area contributed by atoms with E-state index in [1.807, 2.05) is 19.1 Å². The van der Waals surface area contributed by atoms with Gasteiger partial charge in [-0.1, -0.05) is 6.07 Å². The lowest BCUT2D eigenvalue weighted by molar-refractivity contribution is -0.896. The number of nitriles is 1. The highest BCUT2D eigenvalue weighted by Gasteiger charge is 2.35. The van der Waals surface area contributed by atoms with E-state index in [0.717, 1.165) is 37.3 Å². The molecular formula is C24H29N4O4+. The van der Waals surface area contributed by atoms with Crippen molar-refractivity contribution in [2.45, 2.75) is 39.7 Å². The number of nitrogens with two attached hydrogens (primary N) is 1. The van der Waals surface area contributed by atoms with Crippen LogP contribution in [0.1, 0.15) is 43.0 Å². The summed E-state index contributed by atoms with van der Waals surface area (Å²) >= 11 is 0. The van der Waals surface area contributed by atoms with Gasteiger partial charge in [-0.25, -0.2) is 0 Å². The van der Waals surface area contributed by atoms with Crippen LogP contribution in [0.3, 0.4) is 0 Å². The molecule has 2 aliphatic heterocycles. The molecule has 168 valence electrons. The fourth-order valence-electron chi connectivity index (χ4n) is 4.48. The Labute approximate surface area is 187 Å². The number of quaternary nitrogens is 1. The molecule has 0 aliphatic carbocycles. The zero-order valence-electron chi connectivity index (χ0n) is 18.7. The maximum atomic E-state index is 13.7. The molecule has 0 saturated carbocycles. The number of pyridine rings is 1. The second-order valence-electron chi connectivity index (χ2n) is 8.12. The standard InChI is InChI=1S/C24H28N4O4/c1-4-27(5-2)9-6-10-28-15(3)11-20-22(24(28)29)21(17(13-25)23(26)32-20)16-7-8-18-19(12-16)31-14-30-18/h7-8,11-12,21H,4-6,9-10,14,26H2,1-3H3/p+1/t21-/m0/s1. The third-order valence-electron chi connectivity index (χ3n) is 6.33. The van der Waals surface area contributed by atoms with Gasteiger partial charge in [-0.3, -0.25) is 4.79 Å². The van der Waals surface area contributed by atoms with Crippen LogP contribution in [-0.4, -0.2) is 31.0 Å². The Hall–Kier alpha value is -3.44. The van der Waals surface area contributed by atoms with Crippen molar-refractivity contribution in [1.82, 2.24) is 4.57 Å². The van der Waals surface area contributed by atoms with Crippen LogP contribution in [0.2, 0.25) is 0 Å². The Bertz CT molecular complexity index is 1160. The minimum absolute atomic E-state index is 0.0179. The van der Waals surface area contributed by atoms with Gasteiger partial charge >= 0.3 is 0 Å². The largest absolute Gasteiger partial charge is 0.454 e. The Morgan fingerprint density at radius 1 is 1.19 bits per heavy atom. The molecule has 2 aliphatic rings. The van der Waals surface area contributed by atoms with E-state index in [1.54, 1.807) is 16.7 Å². The number of aryl methyl sites for hydroxylation is 1. The van der Waals surface area contributed by atoms with E-state index in [-0.39, 0.29) is 23.8 Å². The molecule has 0 unspecified atom stereocenters. The van der Waals surface area contributed by atoms with Crippen LogP contribution in [0.15, 0.2) is 40.5 Å². The zero-order chi connectivity index (χ0) is 22.8. The zero-order valence-corrected chi connectivity index (χ0v) is 18.7. The molecule has 2 aromatic rings. The van der Waals surface area contributed by atoms with E-state index < -0.39 is 5.92 Å². The van der Waals surface area contributed by atoms with E-state index in [2.05, 4.69) is 19.9 Å². The number of fused-ring (bicyclic) bond motifs is 2. The maximum Gasteiger partial charge on any atom is 0.258 e. The lowest BCUT2D eigenvalue weighted by Gasteiger charge is -2.27. The second-order valence-corrected chi connectivity index (χ2v) is 8.12. The smallest absolute Gasteiger partial charge is 0.258 e. The summed E-state index contributed by atoms with van der Waals surface area (Å²) in [5, 5.41) is 9.85. The van der Waals surface area contributed by atoms with E-state index >= 15 is 0 Å². The Morgan fingerprint density at radius 2 is 1.94 bits per heavy atom. The maximum absolute atomic E-state index is 13.7. The SMILES string of the molecule is CC[NH+](CC)CCCn1c(C)cc2c(c1=O)[C@@H](c1ccc3c(c1)OCO3)C(C#N)=C(N)O2. The minimum atomic E-state index is -0.633. The highest BCUT2D eigenvalue weighted by atomic mass is 16.7. The third kappa shape index (κ3) is 3.80. The van der Waals surface area contributed by atoms with Gasteiger partial charge in [-0.15, -0.1) is 0 Å². The van der Waals surface area contributed by atoms with Crippen molar-refractivity contribution in [3.63, 3.8) is 0 Å². The second kappa shape index (κ2) is 8.97. The number of hydrogen-bond donors (Lipinski definition) is 2. The molecular weight excluding hydrogens is 408 g/mol. The molecule has 0 fully saturated rings. The van der Waals surface area contributed by atoms with Crippen LogP contribution in [0.25, 0.3) is 0 Å². The number of allylic oxidation sites excluding steroid dienone is 1. The summed E-state index contributed by atoms with van der Waals surface area (Å²) in [6.07, 6.45) is 0.884. The van der Waals surface area contributed by atoms with Crippen LogP contribution in [0.5, 0.6) is 17.2 Å². The normalized spacial score (nSPS) is 16.7. The molecule has 1 aromatic carbocycles. The number of rotatable bonds is 7. The Kier molecular flexibility index (Phi) is 6.10. The molecule has 4 rings (SSSR count). The number of nitrogens with one attached hydrogen (secondary N) is 1. The van der Waals surface area contributed by atoms with Gasteiger partial charge in [0.2, 0.25) is 12.7 Å². The lowest BCUT2D eigenvalue weighted by Crippen LogP contribution is -3.11. The Morgan fingerprint density at radius 3 is 2.66 bits per heavy atom. The van der Waals surface area contributed by atoms with Crippen molar-refractivity contribution in [3.05, 3.63) is 62.9 Å². The molecule has 3 N–H and O–H groups in total. The van der Waals surface area contributed by atoms with Crippen molar-refractivity contribution in [2.75, 3.05) is 26.4 Å². The summed E-state index contributed by atoms with van der Waals surface area (Å²) in [7, 11) is 0. The van der Waals surface area contributed by atoms with Crippen LogP contribution in [0, 0.1) is 18.3 Å². The van der Waals surface area contributed by atoms with Gasteiger partial charge < -0.3 is 29.4 Å². The van der Waals surface area contributed by atoms with Crippen molar-refractivity contribution in [3.8, 4) is 23.3 Å². The van der Waals surface area contributed by atoms with E-state index in [1.165, 1.54) is 4.90 Å². The highest BCUT2D eigenvalue weighted by Crippen LogP contribution is 2.43. The predicted molar refractivity (Wildman–Crippen MR) is 119 cm³/mol. The molecule has 0 saturated heterocycles. The molecule has 0 amide bonds. The minimum Gasteiger partial charge on any atom is -0.454 e. The van der Waals surface area contributed by atoms with E-state index in [9.17, 15) is 10.1 Å². The molecule has 0 spiro atoms. The van der Waals surface area contributed by atoms with Crippen molar-refractivity contribution >= 4 is 0 Å². The molecule has 32 heavy (non-hydrogen) atoms. The number of aromatic nitrogens is 1. The van der Waals surface area contributed by atoms with Crippen molar-refractivity contribution in [1.29, 1.82) is 5.26 Å². The molecule has 0 bridgehead atoms. The predicted octanol–water partition coefficient (Wildman–Crippen LogP) is 1.42. The first-order valence-corrected chi connectivity index (χ1v) is 11.0. The summed E-state index contributed by atoms with van der Waals surface area (Å²) < 4.78 is 18.4. The molecule has 3 heterocycles. The number of nitrogens with zero attached hydrogens (tertiary/aromatic N) is 2. The first-order valence-electron chi connectivity index (χ1n) is 11.0. The van der Waals surface area contributed by atoms with Gasteiger partial charge in [-0.05, 0) is 38.5 Å². The fraction of sp³-hybridized carbons (Fsp3) is 0.417. The summed E-state index contributed by atoms with van der Waals surface area (Å²) in [4.78, 5) is 15.2. The average Bonchev–Trinajstić information content (AvgIpc) is 3.25. The van der Waals surface area contributed by atoms with Crippen LogP contribution in [0.4, 0.5) is 0 Å². The fourth-order valence-corrected chi connectivity index (χ4v) is 4.48. The van der Waals surface area contributed by atoms with Crippen LogP contribution < -0.4 is 30.4 Å². The monoisotopic (exact) mass is 437 g/mol. The topological polar surface area (TPSA) is 104 Å². The first-order chi connectivity index (χ1) is 15.5. The molecule has 8 heteroatoms. The van der Waals surface area contributed by atoms with E-state index in [4.69, 9.17) is 19.9 Å². The average molecular weight is 438 g/mol. The highest BCUT2D eigenvalue weighted by molar-refractivity contribution is 5.57. The molecule has 1 atom stereocenters. The van der Waals surface area contributed by atoms with Crippen molar-refractivity contribution < 1.29 is 19.1 Å². The van der Waals surface area contributed by atoms with Gasteiger partial charge in [-0.2, -0.15) is 5.26 Å². The summed E-state index contributed by atoms with van der Waals surface area (Å²) in [6.45, 7) is 10.1. The Balaban J connectivity index is 1.77. The number of benzene rings is 1. The molecule has 0 radical (unpaired) electrons. The molecule has 8 nitrogen and oxygen atoms in total. The third-order valence-corrected chi connectivity index (χ3v) is 6.33. The molecule has 1 aromatic heterocycles. The van der Waals surface area contributed by atoms with Gasteiger partial charge in [0.15, 0.2) is 11.5 Å². The lowest BCUT2D eigenvalue weighted by atomic mass is 9.84. The van der Waals surface area contributed by atoms with Crippen molar-refractivity contribution in [2.24, 2.45) is 5.73 Å². The quantitative estimate of drug-likeness (QED) is 0.679. The van der Waals surface area contributed by atoms with Gasteiger partial charge in [0.25, 0.3) is 5.56 Å². The summed E-state index contributed by atoms with van der Waals surface area (Å²) in [5.74, 6) is 1.00.